The van der Waals surface area contributed by atoms with Crippen LogP contribution < -0.4 is 10.2 Å². The van der Waals surface area contributed by atoms with E-state index in [9.17, 15) is 14.8 Å². The van der Waals surface area contributed by atoms with Gasteiger partial charge in [0.15, 0.2) is 0 Å². The molecule has 0 aliphatic rings. The molecule has 0 unspecified atom stereocenters. The van der Waals surface area contributed by atoms with Crippen molar-refractivity contribution in [2.24, 2.45) is 5.28 Å². The third kappa shape index (κ3) is 6.38. The van der Waals surface area contributed by atoms with Crippen LogP contribution in [0.5, 0.6) is 5.75 Å². The molecule has 0 spiro atoms. The van der Waals surface area contributed by atoms with Gasteiger partial charge in [0, 0.05) is 21.7 Å². The first-order valence-electron chi connectivity index (χ1n) is 10.3. The third-order valence-electron chi connectivity index (χ3n) is 4.83. The topological polar surface area (TPSA) is 128 Å². The van der Waals surface area contributed by atoms with Crippen molar-refractivity contribution >= 4 is 34.4 Å². The Hall–Kier alpha value is -3.79. The number of fused-ring (bicyclic) bond motifs is 1. The molecule has 10 nitrogen and oxygen atoms in total. The molecule has 3 rings (SSSR count). The number of aromatic nitrogens is 1. The van der Waals surface area contributed by atoms with Crippen molar-refractivity contribution in [2.75, 3.05) is 14.2 Å². The van der Waals surface area contributed by atoms with Crippen LogP contribution in [0.1, 0.15) is 35.5 Å². The van der Waals surface area contributed by atoms with Gasteiger partial charge in [-0.3, -0.25) is 14.2 Å². The van der Waals surface area contributed by atoms with Gasteiger partial charge in [0.25, 0.3) is 5.91 Å². The van der Waals surface area contributed by atoms with Crippen LogP contribution in [0.4, 0.5) is 0 Å². The number of carbonyl (C=O) groups is 2. The van der Waals surface area contributed by atoms with Crippen molar-refractivity contribution in [1.82, 2.24) is 9.99 Å². The molecule has 0 atom stereocenters. The molecule has 2 N–H and O–H groups in total. The molecule has 11 heteroatoms. The lowest BCUT2D eigenvalue weighted by Crippen LogP contribution is -2.29. The zero-order chi connectivity index (χ0) is 25.4. The summed E-state index contributed by atoms with van der Waals surface area (Å²) in [5, 5.41) is 21.4. The molecule has 2 aromatic carbocycles. The zero-order valence-electron chi connectivity index (χ0n) is 19.5. The molecule has 0 aliphatic heterocycles. The van der Waals surface area contributed by atoms with Crippen LogP contribution in [0.3, 0.4) is 0 Å². The monoisotopic (exact) mass is 490 g/mol. The van der Waals surface area contributed by atoms with Gasteiger partial charge in [0.05, 0.1) is 37.2 Å². The fourth-order valence-corrected chi connectivity index (χ4v) is 3.38. The van der Waals surface area contributed by atoms with Gasteiger partial charge >= 0.3 is 5.97 Å². The van der Waals surface area contributed by atoms with E-state index in [-0.39, 0.29) is 29.3 Å². The molecule has 0 saturated heterocycles. The normalized spacial score (nSPS) is 11.1. The van der Waals surface area contributed by atoms with E-state index in [0.717, 1.165) is 10.9 Å². The summed E-state index contributed by atoms with van der Waals surface area (Å²) in [5.41, 5.74) is 4.91. The van der Waals surface area contributed by atoms with E-state index < -0.39 is 0 Å². The van der Waals surface area contributed by atoms with Gasteiger partial charge in [-0.05, 0) is 68.8 Å². The quantitative estimate of drug-likeness (QED) is 0.228. The molecule has 34 heavy (non-hydrogen) atoms. The Bertz CT molecular complexity index is 1190. The molecule has 0 radical (unpaired) electrons. The Balaban J connectivity index is 0.000000440. The second-order valence-electron chi connectivity index (χ2n) is 7.49. The van der Waals surface area contributed by atoms with Gasteiger partial charge in [-0.25, -0.2) is 0 Å². The van der Waals surface area contributed by atoms with Crippen molar-refractivity contribution in [3.05, 3.63) is 69.5 Å². The smallest absolute Gasteiger partial charge is 0.310 e. The predicted molar refractivity (Wildman–Crippen MR) is 126 cm³/mol. The second-order valence-corrected chi connectivity index (χ2v) is 7.93. The maximum absolute atomic E-state index is 13.1. The van der Waals surface area contributed by atoms with E-state index in [1.165, 1.54) is 7.11 Å². The number of nitrogens with one attached hydrogen (secondary N) is 1. The van der Waals surface area contributed by atoms with Crippen LogP contribution in [0.25, 0.3) is 10.9 Å². The number of hydrogen-bond donors (Lipinski definition) is 2. The summed E-state index contributed by atoms with van der Waals surface area (Å²) >= 11 is 5.92. The van der Waals surface area contributed by atoms with E-state index in [4.69, 9.17) is 26.3 Å². The Morgan fingerprint density at radius 2 is 1.85 bits per heavy atom. The Labute approximate surface area is 201 Å². The third-order valence-corrected chi connectivity index (χ3v) is 5.09. The molecule has 0 amide bonds. The summed E-state index contributed by atoms with van der Waals surface area (Å²) in [7, 11) is 2.92. The number of halogens is 1. The van der Waals surface area contributed by atoms with Crippen molar-refractivity contribution in [1.29, 1.82) is 0 Å². The first kappa shape index (κ1) is 26.5. The molecule has 3 aromatic rings. The zero-order valence-corrected chi connectivity index (χ0v) is 20.3. The lowest BCUT2D eigenvalue weighted by molar-refractivity contribution is -0.616. The average molecular weight is 491 g/mol. The lowest BCUT2D eigenvalue weighted by atomic mass is 10.1. The number of nitrogens with zero attached hydrogens (tertiary/aromatic N) is 3. The fourth-order valence-electron chi connectivity index (χ4n) is 3.26. The van der Waals surface area contributed by atoms with Gasteiger partial charge in [0.1, 0.15) is 5.75 Å². The highest BCUT2D eigenvalue weighted by molar-refractivity contribution is 6.30. The molecule has 1 heterocycles. The first-order valence-corrected chi connectivity index (χ1v) is 10.6. The van der Waals surface area contributed by atoms with Crippen molar-refractivity contribution < 1.29 is 29.2 Å². The highest BCUT2D eigenvalue weighted by Crippen LogP contribution is 2.31. The van der Waals surface area contributed by atoms with Gasteiger partial charge < -0.3 is 19.9 Å². The van der Waals surface area contributed by atoms with E-state index >= 15 is 0 Å². The largest absolute Gasteiger partial charge is 0.569 e. The van der Waals surface area contributed by atoms with Gasteiger partial charge in [-0.15, -0.1) is 0 Å². The van der Waals surface area contributed by atoms with Gasteiger partial charge in [-0.2, -0.15) is 5.43 Å². The Morgan fingerprint density at radius 1 is 1.21 bits per heavy atom. The second kappa shape index (κ2) is 11.9. The maximum Gasteiger partial charge on any atom is 0.310 e. The van der Waals surface area contributed by atoms with Crippen molar-refractivity contribution in [3.8, 4) is 5.75 Å². The first-order chi connectivity index (χ1) is 16.1. The van der Waals surface area contributed by atoms with E-state index in [1.54, 1.807) is 55.9 Å². The number of esters is 1. The average Bonchev–Trinajstić information content (AvgIpc) is 3.09. The minimum atomic E-state index is -0.367. The number of benzene rings is 2. The number of methoxy groups -OCH3 is 2. The number of rotatable bonds is 6. The highest BCUT2D eigenvalue weighted by atomic mass is 35.5. The molecule has 1 aromatic heterocycles. The SMILES string of the molecule is CC(C)N[N+]([O-])=NO.COC(=O)Cc1c(C)n(C(=O)c2ccc(Cl)cc2)c2ccc(OC)cc12. The molecule has 182 valence electrons. The number of hydrogen-bond acceptors (Lipinski definition) is 6. The summed E-state index contributed by atoms with van der Waals surface area (Å²) in [5.74, 6) is 0.0964. The predicted octanol–water partition coefficient (Wildman–Crippen LogP) is 4.27. The van der Waals surface area contributed by atoms with Crippen LogP contribution in [0.2, 0.25) is 5.02 Å². The molecule has 0 saturated carbocycles. The molecular formula is C23H27ClN4O6. The highest BCUT2D eigenvalue weighted by Gasteiger charge is 2.22. The summed E-state index contributed by atoms with van der Waals surface area (Å²) in [6, 6.07) is 12.1. The van der Waals surface area contributed by atoms with Crippen molar-refractivity contribution in [2.45, 2.75) is 33.2 Å². The van der Waals surface area contributed by atoms with Crippen LogP contribution in [-0.4, -0.2) is 46.9 Å². The molecule has 0 fully saturated rings. The number of hydrazine groups is 1. The molecule has 0 bridgehead atoms. The summed E-state index contributed by atoms with van der Waals surface area (Å²) in [4.78, 5) is 24.9. The summed E-state index contributed by atoms with van der Waals surface area (Å²) in [6.45, 7) is 5.34. The Morgan fingerprint density at radius 3 is 2.35 bits per heavy atom. The van der Waals surface area contributed by atoms with Gasteiger partial charge in [-0.1, -0.05) is 11.6 Å². The van der Waals surface area contributed by atoms with Crippen LogP contribution in [-0.2, 0) is 16.0 Å². The van der Waals surface area contributed by atoms with E-state index in [1.807, 2.05) is 19.1 Å². The maximum atomic E-state index is 13.1. The van der Waals surface area contributed by atoms with Gasteiger partial charge in [0.2, 0.25) is 5.28 Å². The molecule has 0 aliphatic carbocycles. The van der Waals surface area contributed by atoms with E-state index in [0.29, 0.717) is 27.5 Å². The minimum absolute atomic E-state index is 0.00463. The minimum Gasteiger partial charge on any atom is -0.569 e. The lowest BCUT2D eigenvalue weighted by Gasteiger charge is -2.08. The molecular weight excluding hydrogens is 464 g/mol. The summed E-state index contributed by atoms with van der Waals surface area (Å²) < 4.78 is 11.7. The summed E-state index contributed by atoms with van der Waals surface area (Å²) in [6.07, 6.45) is 0.0763. The fraction of sp³-hybridized carbons (Fsp3) is 0.304. The standard InChI is InChI=1S/C20H18ClNO4.C3H9N3O2/c1-12-16(11-19(23)26-3)17-10-15(25-2)8-9-18(17)22(12)20(24)13-4-6-14(21)7-5-13;1-3(2)4-6(8)5-7/h4-10H,11H2,1-3H3;3,7H,1-2H3,(H,4,5). The number of carbonyl (C=O) groups excluding carboxylic acids is 2. The van der Waals surface area contributed by atoms with E-state index in [2.05, 4.69) is 10.7 Å². The Kier molecular flexibility index (Phi) is 9.26. The van der Waals surface area contributed by atoms with Crippen molar-refractivity contribution in [3.63, 3.8) is 0 Å². The van der Waals surface area contributed by atoms with Crippen LogP contribution >= 0.6 is 11.6 Å². The van der Waals surface area contributed by atoms with Crippen LogP contribution in [0, 0.1) is 12.1 Å². The van der Waals surface area contributed by atoms with Crippen LogP contribution in [0.15, 0.2) is 47.7 Å². The number of ether oxygens (including phenoxy) is 2.